The molecule has 3 rings (SSSR count). The summed E-state index contributed by atoms with van der Waals surface area (Å²) in [6, 6.07) is 8.13. The summed E-state index contributed by atoms with van der Waals surface area (Å²) < 4.78 is 0. The minimum Gasteiger partial charge on any atom is -0.349 e. The van der Waals surface area contributed by atoms with E-state index in [4.69, 9.17) is 0 Å². The number of nitrogens with zero attached hydrogens (tertiary/aromatic N) is 2. The van der Waals surface area contributed by atoms with Gasteiger partial charge in [0.05, 0.1) is 0 Å². The van der Waals surface area contributed by atoms with Crippen molar-refractivity contribution in [2.75, 3.05) is 0 Å². The predicted octanol–water partition coefficient (Wildman–Crippen LogP) is 2.77. The van der Waals surface area contributed by atoms with Gasteiger partial charge in [0.1, 0.15) is 6.33 Å². The number of benzene rings is 1. The number of hydrogen-bond acceptors (Lipinski definition) is 4. The van der Waals surface area contributed by atoms with Crippen LogP contribution in [-0.4, -0.2) is 27.1 Å². The van der Waals surface area contributed by atoms with E-state index in [1.165, 1.54) is 19.2 Å². The molecule has 2 N–H and O–H groups in total. The summed E-state index contributed by atoms with van der Waals surface area (Å²) in [5.74, 6) is 0.844. The highest BCUT2D eigenvalue weighted by atomic mass is 32.2. The van der Waals surface area contributed by atoms with Crippen LogP contribution in [0.5, 0.6) is 0 Å². The third-order valence-electron chi connectivity index (χ3n) is 3.67. The van der Waals surface area contributed by atoms with Gasteiger partial charge in [0.25, 0.3) is 5.91 Å². The number of carbonyl (C=O) groups is 1. The molecule has 1 fully saturated rings. The molecule has 0 spiro atoms. The topological polar surface area (TPSA) is 70.7 Å². The molecule has 1 aromatic carbocycles. The van der Waals surface area contributed by atoms with Gasteiger partial charge in [0, 0.05) is 17.4 Å². The summed E-state index contributed by atoms with van der Waals surface area (Å²) >= 11 is 1.59. The van der Waals surface area contributed by atoms with Gasteiger partial charge < -0.3 is 5.32 Å². The van der Waals surface area contributed by atoms with Crippen molar-refractivity contribution in [2.24, 2.45) is 0 Å². The molecule has 2 aromatic rings. The van der Waals surface area contributed by atoms with Crippen molar-refractivity contribution in [3.05, 3.63) is 41.7 Å². The molecule has 0 aliphatic heterocycles. The Bertz CT molecular complexity index is 576. The summed E-state index contributed by atoms with van der Waals surface area (Å²) in [7, 11) is 0. The largest absolute Gasteiger partial charge is 0.349 e. The lowest BCUT2D eigenvalue weighted by atomic mass is 10.1. The fourth-order valence-electron chi connectivity index (χ4n) is 2.51. The number of amides is 1. The first-order chi connectivity index (χ1) is 10.3. The van der Waals surface area contributed by atoms with E-state index < -0.39 is 0 Å². The maximum Gasteiger partial charge on any atom is 0.251 e. The molecule has 1 heterocycles. The van der Waals surface area contributed by atoms with E-state index in [2.05, 4.69) is 20.5 Å². The molecule has 1 amide bonds. The number of nitrogens with one attached hydrogen (secondary N) is 2. The molecule has 110 valence electrons. The van der Waals surface area contributed by atoms with Crippen LogP contribution in [-0.2, 0) is 5.75 Å². The van der Waals surface area contributed by atoms with Gasteiger partial charge in [0.2, 0.25) is 0 Å². The smallest absolute Gasteiger partial charge is 0.251 e. The maximum atomic E-state index is 12.1. The normalized spacial score (nSPS) is 15.2. The Kier molecular flexibility index (Phi) is 4.55. The molecule has 5 nitrogen and oxygen atoms in total. The van der Waals surface area contributed by atoms with Crippen molar-refractivity contribution in [3.8, 4) is 0 Å². The summed E-state index contributed by atoms with van der Waals surface area (Å²) in [6.07, 6.45) is 6.17. The second kappa shape index (κ2) is 6.76. The van der Waals surface area contributed by atoms with E-state index in [0.717, 1.165) is 34.9 Å². The highest BCUT2D eigenvalue weighted by Crippen LogP contribution is 2.20. The molecule has 0 saturated heterocycles. The molecule has 1 aromatic heterocycles. The predicted molar refractivity (Wildman–Crippen MR) is 82.1 cm³/mol. The van der Waals surface area contributed by atoms with Crippen molar-refractivity contribution < 1.29 is 4.79 Å². The van der Waals surface area contributed by atoms with Crippen molar-refractivity contribution in [2.45, 2.75) is 42.6 Å². The lowest BCUT2D eigenvalue weighted by Crippen LogP contribution is -2.32. The fraction of sp³-hybridized carbons (Fsp3) is 0.400. The third kappa shape index (κ3) is 3.85. The molecule has 0 atom stereocenters. The van der Waals surface area contributed by atoms with Gasteiger partial charge in [-0.3, -0.25) is 9.89 Å². The number of rotatable bonds is 5. The van der Waals surface area contributed by atoms with Crippen LogP contribution in [0, 0.1) is 0 Å². The Morgan fingerprint density at radius 2 is 2.05 bits per heavy atom. The maximum absolute atomic E-state index is 12.1. The quantitative estimate of drug-likeness (QED) is 0.833. The fourth-order valence-corrected chi connectivity index (χ4v) is 3.24. The second-order valence-corrected chi connectivity index (χ2v) is 6.20. The van der Waals surface area contributed by atoms with Crippen LogP contribution in [0.3, 0.4) is 0 Å². The standard InChI is InChI=1S/C15H18N4OS/c20-14(18-13-3-1-2-4-13)12-7-5-11(6-8-12)9-21-15-16-10-17-19-15/h5-8,10,13H,1-4,9H2,(H,18,20)(H,16,17,19). The molecule has 1 aliphatic rings. The SMILES string of the molecule is O=C(NC1CCCC1)c1ccc(CSc2ncn[nH]2)cc1. The first kappa shape index (κ1) is 14.1. The lowest BCUT2D eigenvalue weighted by molar-refractivity contribution is 0.0938. The Morgan fingerprint density at radius 3 is 2.71 bits per heavy atom. The molecule has 1 saturated carbocycles. The van der Waals surface area contributed by atoms with Crippen molar-refractivity contribution in [1.29, 1.82) is 0 Å². The van der Waals surface area contributed by atoms with Gasteiger partial charge in [-0.25, -0.2) is 4.98 Å². The van der Waals surface area contributed by atoms with Crippen molar-refractivity contribution in [1.82, 2.24) is 20.5 Å². The monoisotopic (exact) mass is 302 g/mol. The van der Waals surface area contributed by atoms with E-state index in [1.54, 1.807) is 11.8 Å². The lowest BCUT2D eigenvalue weighted by Gasteiger charge is -2.12. The summed E-state index contributed by atoms with van der Waals surface area (Å²) in [4.78, 5) is 16.2. The number of thioether (sulfide) groups is 1. The zero-order chi connectivity index (χ0) is 14.5. The molecule has 0 unspecified atom stereocenters. The molecule has 21 heavy (non-hydrogen) atoms. The van der Waals surface area contributed by atoms with E-state index in [-0.39, 0.29) is 5.91 Å². The third-order valence-corrected chi connectivity index (χ3v) is 4.62. The van der Waals surface area contributed by atoms with Gasteiger partial charge in [0.15, 0.2) is 5.16 Å². The summed E-state index contributed by atoms with van der Waals surface area (Å²) in [6.45, 7) is 0. The molecule has 0 radical (unpaired) electrons. The van der Waals surface area contributed by atoms with E-state index >= 15 is 0 Å². The Labute approximate surface area is 127 Å². The van der Waals surface area contributed by atoms with Gasteiger partial charge in [-0.1, -0.05) is 36.7 Å². The van der Waals surface area contributed by atoms with E-state index in [0.29, 0.717) is 6.04 Å². The molecule has 1 aliphatic carbocycles. The van der Waals surface area contributed by atoms with Crippen LogP contribution in [0.4, 0.5) is 0 Å². The number of hydrogen-bond donors (Lipinski definition) is 2. The van der Waals surface area contributed by atoms with Crippen molar-refractivity contribution >= 4 is 17.7 Å². The van der Waals surface area contributed by atoms with Crippen LogP contribution in [0.2, 0.25) is 0 Å². The zero-order valence-electron chi connectivity index (χ0n) is 11.7. The van der Waals surface area contributed by atoms with Crippen LogP contribution in [0.15, 0.2) is 35.7 Å². The van der Waals surface area contributed by atoms with Crippen LogP contribution >= 0.6 is 11.8 Å². The highest BCUT2D eigenvalue weighted by molar-refractivity contribution is 7.98. The minimum atomic E-state index is 0.0383. The first-order valence-electron chi connectivity index (χ1n) is 7.19. The van der Waals surface area contributed by atoms with Gasteiger partial charge in [-0.15, -0.1) is 0 Å². The van der Waals surface area contributed by atoms with E-state index in [9.17, 15) is 4.79 Å². The number of aromatic nitrogens is 3. The minimum absolute atomic E-state index is 0.0383. The molecular formula is C15H18N4OS. The first-order valence-corrected chi connectivity index (χ1v) is 8.18. The van der Waals surface area contributed by atoms with Gasteiger partial charge >= 0.3 is 0 Å². The average Bonchev–Trinajstić information content (AvgIpc) is 3.19. The Balaban J connectivity index is 1.54. The Hall–Kier alpha value is -1.82. The summed E-state index contributed by atoms with van der Waals surface area (Å²) in [5.41, 5.74) is 1.89. The number of H-pyrrole nitrogens is 1. The molecule has 6 heteroatoms. The highest BCUT2D eigenvalue weighted by Gasteiger charge is 2.17. The van der Waals surface area contributed by atoms with Crippen LogP contribution in [0.25, 0.3) is 0 Å². The van der Waals surface area contributed by atoms with Crippen LogP contribution in [0.1, 0.15) is 41.6 Å². The molecule has 0 bridgehead atoms. The van der Waals surface area contributed by atoms with Gasteiger partial charge in [-0.05, 0) is 30.5 Å². The average molecular weight is 302 g/mol. The van der Waals surface area contributed by atoms with Gasteiger partial charge in [-0.2, -0.15) is 5.10 Å². The summed E-state index contributed by atoms with van der Waals surface area (Å²) in [5, 5.41) is 10.5. The Morgan fingerprint density at radius 1 is 1.29 bits per heavy atom. The number of aromatic amines is 1. The van der Waals surface area contributed by atoms with E-state index in [1.807, 2.05) is 24.3 Å². The van der Waals surface area contributed by atoms with Crippen LogP contribution < -0.4 is 5.32 Å². The molecular weight excluding hydrogens is 284 g/mol. The second-order valence-electron chi connectivity index (χ2n) is 5.23. The zero-order valence-corrected chi connectivity index (χ0v) is 12.5. The van der Waals surface area contributed by atoms with Crippen molar-refractivity contribution in [3.63, 3.8) is 0 Å². The number of carbonyl (C=O) groups excluding carboxylic acids is 1.